The van der Waals surface area contributed by atoms with Crippen LogP contribution in [0.25, 0.3) is 0 Å². The molecule has 0 aromatic heterocycles. The first-order valence-corrected chi connectivity index (χ1v) is 8.76. The number of nitrogens with one attached hydrogen (secondary N) is 1. The van der Waals surface area contributed by atoms with Crippen molar-refractivity contribution in [1.29, 1.82) is 0 Å². The molecule has 1 N–H and O–H groups in total. The van der Waals surface area contributed by atoms with E-state index in [1.165, 1.54) is 14.2 Å². The Kier molecular flexibility index (Phi) is 5.39. The molecule has 7 heteroatoms. The molecule has 2 aliphatic heterocycles. The summed E-state index contributed by atoms with van der Waals surface area (Å²) in [6.07, 6.45) is 5.06. The van der Waals surface area contributed by atoms with Crippen molar-refractivity contribution in [2.45, 2.75) is 24.2 Å². The van der Waals surface area contributed by atoms with Crippen LogP contribution in [0.3, 0.4) is 0 Å². The minimum atomic E-state index is -1.17. The molecule has 2 heterocycles. The number of halogens is 1. The second kappa shape index (κ2) is 7.58. The average molecular weight is 390 g/mol. The van der Waals surface area contributed by atoms with Crippen LogP contribution >= 0.6 is 11.6 Å². The van der Waals surface area contributed by atoms with Gasteiger partial charge in [-0.1, -0.05) is 23.8 Å². The lowest BCUT2D eigenvalue weighted by Gasteiger charge is -2.35. The van der Waals surface area contributed by atoms with E-state index in [4.69, 9.17) is 25.8 Å². The van der Waals surface area contributed by atoms with Crippen LogP contribution in [0, 0.1) is 0 Å². The third-order valence-electron chi connectivity index (χ3n) is 4.69. The largest absolute Gasteiger partial charge is 0.466 e. The first-order chi connectivity index (χ1) is 13.0. The monoisotopic (exact) mass is 389 g/mol. The number of fused-ring (bicyclic) bond motifs is 2. The van der Waals surface area contributed by atoms with Crippen LogP contribution < -0.4 is 5.32 Å². The van der Waals surface area contributed by atoms with Gasteiger partial charge in [-0.15, -0.1) is 6.58 Å². The number of rotatable bonds is 7. The molecular weight excluding hydrogens is 370 g/mol. The van der Waals surface area contributed by atoms with Crippen LogP contribution in [-0.4, -0.2) is 43.9 Å². The van der Waals surface area contributed by atoms with Gasteiger partial charge in [0.25, 0.3) is 0 Å². The van der Waals surface area contributed by atoms with Crippen molar-refractivity contribution < 1.29 is 23.8 Å². The van der Waals surface area contributed by atoms with E-state index in [-0.39, 0.29) is 11.1 Å². The lowest BCUT2D eigenvalue weighted by molar-refractivity contribution is -0.139. The quantitative estimate of drug-likeness (QED) is 0.570. The highest BCUT2D eigenvalue weighted by atomic mass is 35.5. The molecule has 0 saturated carbocycles. The summed E-state index contributed by atoms with van der Waals surface area (Å²) >= 11 is 5.95. The highest BCUT2D eigenvalue weighted by Gasteiger charge is 2.58. The Hall–Kier alpha value is -2.57. The molecule has 0 aliphatic carbocycles. The van der Waals surface area contributed by atoms with Gasteiger partial charge in [-0.2, -0.15) is 0 Å². The Labute approximate surface area is 162 Å². The molecule has 2 aliphatic rings. The van der Waals surface area contributed by atoms with Gasteiger partial charge in [0.2, 0.25) is 0 Å². The topological polar surface area (TPSA) is 73.9 Å². The third kappa shape index (κ3) is 3.26. The molecule has 1 aromatic carbocycles. The van der Waals surface area contributed by atoms with Crippen molar-refractivity contribution in [3.05, 3.63) is 65.2 Å². The molecule has 6 nitrogen and oxygen atoms in total. The summed E-state index contributed by atoms with van der Waals surface area (Å²) in [4.78, 5) is 24.9. The number of hydrogen-bond acceptors (Lipinski definition) is 6. The fraction of sp³-hybridized carbons (Fsp3) is 0.300. The van der Waals surface area contributed by atoms with Gasteiger partial charge < -0.3 is 19.5 Å². The molecule has 0 saturated heterocycles. The third-order valence-corrected chi connectivity index (χ3v) is 4.94. The molecule has 0 spiro atoms. The van der Waals surface area contributed by atoms with Crippen LogP contribution in [0.5, 0.6) is 0 Å². The van der Waals surface area contributed by atoms with E-state index >= 15 is 0 Å². The smallest absolute Gasteiger partial charge is 0.337 e. The molecular formula is C20H20ClNO5. The van der Waals surface area contributed by atoms with E-state index in [1.807, 2.05) is 12.1 Å². The van der Waals surface area contributed by atoms with Crippen LogP contribution in [0.1, 0.15) is 6.42 Å². The van der Waals surface area contributed by atoms with Gasteiger partial charge in [0.1, 0.15) is 11.7 Å². The van der Waals surface area contributed by atoms with E-state index < -0.39 is 29.7 Å². The Morgan fingerprint density at radius 2 is 1.96 bits per heavy atom. The van der Waals surface area contributed by atoms with Gasteiger partial charge in [-0.25, -0.2) is 9.59 Å². The minimum Gasteiger partial charge on any atom is -0.466 e. The standard InChI is InChI=1S/C20H20ClNO5/c1-4-5-15(22-13-8-6-12(21)7-9-13)20-11-10-14(27-20)16(18(23)25-2)17(20)19(24)26-3/h4,6-11,14-15,22H,1,5H2,2-3H3/t14?,15-,20?/m0/s1. The number of methoxy groups -OCH3 is 2. The second-order valence-electron chi connectivity index (χ2n) is 6.19. The fourth-order valence-electron chi connectivity index (χ4n) is 3.50. The summed E-state index contributed by atoms with van der Waals surface area (Å²) in [7, 11) is 2.53. The van der Waals surface area contributed by atoms with Crippen molar-refractivity contribution in [2.24, 2.45) is 0 Å². The molecule has 2 bridgehead atoms. The molecule has 2 unspecified atom stereocenters. The zero-order valence-corrected chi connectivity index (χ0v) is 15.8. The highest BCUT2D eigenvalue weighted by molar-refractivity contribution is 6.30. The Bertz CT molecular complexity index is 829. The normalized spacial score (nSPS) is 23.9. The predicted molar refractivity (Wildman–Crippen MR) is 101 cm³/mol. The average Bonchev–Trinajstić information content (AvgIpc) is 3.25. The van der Waals surface area contributed by atoms with Crippen molar-refractivity contribution in [3.63, 3.8) is 0 Å². The van der Waals surface area contributed by atoms with Crippen LogP contribution in [0.2, 0.25) is 5.02 Å². The molecule has 142 valence electrons. The van der Waals surface area contributed by atoms with Crippen molar-refractivity contribution in [2.75, 3.05) is 19.5 Å². The van der Waals surface area contributed by atoms with E-state index in [2.05, 4.69) is 11.9 Å². The fourth-order valence-corrected chi connectivity index (χ4v) is 3.62. The second-order valence-corrected chi connectivity index (χ2v) is 6.63. The molecule has 1 aromatic rings. The van der Waals surface area contributed by atoms with Crippen LogP contribution in [-0.2, 0) is 23.8 Å². The van der Waals surface area contributed by atoms with Gasteiger partial charge in [0.15, 0.2) is 0 Å². The van der Waals surface area contributed by atoms with Crippen molar-refractivity contribution in [1.82, 2.24) is 0 Å². The first-order valence-electron chi connectivity index (χ1n) is 8.38. The van der Waals surface area contributed by atoms with Gasteiger partial charge in [0, 0.05) is 10.7 Å². The van der Waals surface area contributed by atoms with Crippen molar-refractivity contribution in [3.8, 4) is 0 Å². The van der Waals surface area contributed by atoms with E-state index in [0.29, 0.717) is 11.4 Å². The lowest BCUT2D eigenvalue weighted by Crippen LogP contribution is -2.48. The Morgan fingerprint density at radius 1 is 1.30 bits per heavy atom. The van der Waals surface area contributed by atoms with Gasteiger partial charge in [-0.05, 0) is 36.8 Å². The number of benzene rings is 1. The Balaban J connectivity index is 2.06. The maximum absolute atomic E-state index is 12.6. The number of carbonyl (C=O) groups excluding carboxylic acids is 2. The van der Waals surface area contributed by atoms with Crippen molar-refractivity contribution >= 4 is 29.2 Å². The Morgan fingerprint density at radius 3 is 2.56 bits per heavy atom. The van der Waals surface area contributed by atoms with E-state index in [0.717, 1.165) is 5.69 Å². The summed E-state index contributed by atoms with van der Waals surface area (Å²) in [5.74, 6) is -1.25. The van der Waals surface area contributed by atoms with Gasteiger partial charge in [0.05, 0.1) is 31.4 Å². The number of hydrogen-bond donors (Lipinski definition) is 1. The van der Waals surface area contributed by atoms with Crippen LogP contribution in [0.4, 0.5) is 5.69 Å². The zero-order valence-electron chi connectivity index (χ0n) is 15.0. The summed E-state index contributed by atoms with van der Waals surface area (Å²) < 4.78 is 15.9. The summed E-state index contributed by atoms with van der Waals surface area (Å²) in [5.41, 5.74) is -0.0666. The first kappa shape index (κ1) is 19.2. The summed E-state index contributed by atoms with van der Waals surface area (Å²) in [6, 6.07) is 6.75. The maximum atomic E-state index is 12.6. The summed E-state index contributed by atoms with van der Waals surface area (Å²) in [5, 5.41) is 3.96. The van der Waals surface area contributed by atoms with E-state index in [1.54, 1.807) is 30.4 Å². The molecule has 0 fully saturated rings. The number of ether oxygens (including phenoxy) is 3. The van der Waals surface area contributed by atoms with Gasteiger partial charge >= 0.3 is 11.9 Å². The van der Waals surface area contributed by atoms with Gasteiger partial charge in [-0.3, -0.25) is 0 Å². The number of esters is 2. The number of carbonyl (C=O) groups is 2. The zero-order chi connectivity index (χ0) is 19.6. The minimum absolute atomic E-state index is 0.151. The molecule has 0 amide bonds. The molecule has 3 atom stereocenters. The highest BCUT2D eigenvalue weighted by Crippen LogP contribution is 2.47. The predicted octanol–water partition coefficient (Wildman–Crippen LogP) is 3.05. The van der Waals surface area contributed by atoms with E-state index in [9.17, 15) is 9.59 Å². The number of anilines is 1. The van der Waals surface area contributed by atoms with Crippen LogP contribution in [0.15, 0.2) is 60.2 Å². The summed E-state index contributed by atoms with van der Waals surface area (Å²) in [6.45, 7) is 3.80. The molecule has 3 rings (SSSR count). The SMILES string of the molecule is C=CC[C@H](Nc1ccc(Cl)cc1)C12C=CC(O1)C(C(=O)OC)=C2C(=O)OC. The maximum Gasteiger partial charge on any atom is 0.337 e. The lowest BCUT2D eigenvalue weighted by atomic mass is 9.80. The molecule has 0 radical (unpaired) electrons. The molecule has 27 heavy (non-hydrogen) atoms.